The Balaban J connectivity index is 2.50. The first-order chi connectivity index (χ1) is 8.58. The van der Waals surface area contributed by atoms with E-state index in [-0.39, 0.29) is 5.43 Å². The largest absolute Gasteiger partial charge is 0.478 e. The van der Waals surface area contributed by atoms with Crippen LogP contribution in [0.15, 0.2) is 46.9 Å². The number of aromatic nitrogens is 2. The van der Waals surface area contributed by atoms with Crippen molar-refractivity contribution >= 4 is 16.9 Å². The van der Waals surface area contributed by atoms with E-state index in [1.807, 2.05) is 6.07 Å². The average molecular weight is 244 g/mol. The summed E-state index contributed by atoms with van der Waals surface area (Å²) in [5, 5.41) is 13.3. The van der Waals surface area contributed by atoms with Crippen molar-refractivity contribution in [2.45, 2.75) is 13.5 Å². The van der Waals surface area contributed by atoms with Gasteiger partial charge in [-0.15, -0.1) is 0 Å². The van der Waals surface area contributed by atoms with Gasteiger partial charge < -0.3 is 5.11 Å². The quantitative estimate of drug-likeness (QED) is 0.829. The predicted molar refractivity (Wildman–Crippen MR) is 67.4 cm³/mol. The molecule has 0 aliphatic rings. The van der Waals surface area contributed by atoms with Gasteiger partial charge in [0.05, 0.1) is 18.3 Å². The molecule has 0 radical (unpaired) electrons. The molecule has 0 unspecified atom stereocenters. The van der Waals surface area contributed by atoms with Gasteiger partial charge in [-0.2, -0.15) is 5.10 Å². The maximum absolute atomic E-state index is 11.6. The molecule has 0 fully saturated rings. The van der Waals surface area contributed by atoms with Crippen molar-refractivity contribution in [1.29, 1.82) is 0 Å². The lowest BCUT2D eigenvalue weighted by atomic mass is 10.2. The van der Waals surface area contributed by atoms with Gasteiger partial charge in [0, 0.05) is 11.5 Å². The Hall–Kier alpha value is -2.43. The van der Waals surface area contributed by atoms with Crippen molar-refractivity contribution < 1.29 is 9.90 Å². The number of aliphatic carboxylic acids is 1. The Kier molecular flexibility index (Phi) is 3.23. The van der Waals surface area contributed by atoms with Crippen LogP contribution in [-0.4, -0.2) is 20.9 Å². The van der Waals surface area contributed by atoms with Crippen molar-refractivity contribution in [1.82, 2.24) is 9.78 Å². The molecule has 2 aromatic rings. The number of rotatable bonds is 3. The van der Waals surface area contributed by atoms with Crippen LogP contribution in [0.2, 0.25) is 0 Å². The summed E-state index contributed by atoms with van der Waals surface area (Å²) in [6.45, 7) is 2.05. The Morgan fingerprint density at radius 1 is 1.44 bits per heavy atom. The molecule has 0 aliphatic heterocycles. The van der Waals surface area contributed by atoms with Gasteiger partial charge in [-0.05, 0) is 24.6 Å². The summed E-state index contributed by atoms with van der Waals surface area (Å²) in [4.78, 5) is 22.2. The molecule has 0 atom stereocenters. The molecular formula is C13H12N2O3. The maximum atomic E-state index is 11.6. The highest BCUT2D eigenvalue weighted by molar-refractivity contribution is 5.81. The first kappa shape index (κ1) is 12.0. The maximum Gasteiger partial charge on any atom is 0.328 e. The second kappa shape index (κ2) is 4.83. The number of fused-ring (bicyclic) bond motifs is 1. The van der Waals surface area contributed by atoms with Gasteiger partial charge in [0.25, 0.3) is 0 Å². The molecule has 5 heteroatoms. The van der Waals surface area contributed by atoms with Gasteiger partial charge in [-0.1, -0.05) is 12.1 Å². The zero-order chi connectivity index (χ0) is 13.1. The molecule has 2 rings (SSSR count). The fourth-order valence-electron chi connectivity index (χ4n) is 1.78. The highest BCUT2D eigenvalue weighted by Crippen LogP contribution is 2.09. The van der Waals surface area contributed by atoms with Crippen molar-refractivity contribution in [3.05, 3.63) is 52.3 Å². The van der Waals surface area contributed by atoms with Crippen molar-refractivity contribution in [2.75, 3.05) is 0 Å². The summed E-state index contributed by atoms with van der Waals surface area (Å²) in [5.41, 5.74) is 1.22. The molecule has 1 N–H and O–H groups in total. The Labute approximate surface area is 103 Å². The summed E-state index contributed by atoms with van der Waals surface area (Å²) >= 11 is 0. The lowest BCUT2D eigenvalue weighted by molar-refractivity contribution is -0.131. The molecule has 0 saturated carbocycles. The van der Waals surface area contributed by atoms with Crippen LogP contribution in [0.1, 0.15) is 6.92 Å². The van der Waals surface area contributed by atoms with E-state index in [9.17, 15) is 9.59 Å². The van der Waals surface area contributed by atoms with Crippen LogP contribution in [0.3, 0.4) is 0 Å². The molecule has 1 heterocycles. The number of carboxylic acids is 1. The summed E-state index contributed by atoms with van der Waals surface area (Å²) in [7, 11) is 0. The topological polar surface area (TPSA) is 72.2 Å². The number of hydrogen-bond acceptors (Lipinski definition) is 3. The molecule has 5 nitrogen and oxygen atoms in total. The fourth-order valence-corrected chi connectivity index (χ4v) is 1.78. The van der Waals surface area contributed by atoms with Gasteiger partial charge in [0.1, 0.15) is 0 Å². The number of hydrogen-bond donors (Lipinski definition) is 1. The van der Waals surface area contributed by atoms with E-state index >= 15 is 0 Å². The molecular weight excluding hydrogens is 232 g/mol. The van der Waals surface area contributed by atoms with Gasteiger partial charge >= 0.3 is 5.97 Å². The first-order valence-corrected chi connectivity index (χ1v) is 5.43. The second-order valence-corrected chi connectivity index (χ2v) is 4.01. The Bertz CT molecular complexity index is 686. The zero-order valence-corrected chi connectivity index (χ0v) is 9.83. The van der Waals surface area contributed by atoms with Crippen molar-refractivity contribution in [2.24, 2.45) is 0 Å². The molecule has 0 bridgehead atoms. The first-order valence-electron chi connectivity index (χ1n) is 5.43. The summed E-state index contributed by atoms with van der Waals surface area (Å²) in [6.07, 6.45) is 2.38. The average Bonchev–Trinajstić information content (AvgIpc) is 2.32. The number of carbonyl (C=O) groups is 1. The second-order valence-electron chi connectivity index (χ2n) is 4.01. The Morgan fingerprint density at radius 2 is 2.17 bits per heavy atom. The molecule has 0 aliphatic carbocycles. The highest BCUT2D eigenvalue weighted by atomic mass is 16.4. The van der Waals surface area contributed by atoms with Crippen LogP contribution in [0.5, 0.6) is 0 Å². The van der Waals surface area contributed by atoms with E-state index in [2.05, 4.69) is 5.10 Å². The number of carboxylic acid groups (broad SMARTS) is 1. The fraction of sp³-hybridized carbons (Fsp3) is 0.154. The van der Waals surface area contributed by atoms with Crippen LogP contribution in [-0.2, 0) is 11.3 Å². The number of para-hydroxylation sites is 1. The predicted octanol–water partition coefficient (Wildman–Crippen LogP) is 1.43. The number of benzene rings is 1. The van der Waals surface area contributed by atoms with Gasteiger partial charge in [0.2, 0.25) is 5.43 Å². The molecule has 18 heavy (non-hydrogen) atoms. The minimum Gasteiger partial charge on any atom is -0.478 e. The summed E-state index contributed by atoms with van der Waals surface area (Å²) < 4.78 is 1.62. The standard InChI is InChI=1S/C13H12N2O3/c1-9(6-13(17)18)8-15-11-5-3-2-4-10(11)12(16)7-14-15/h2-7H,8H2,1H3,(H,17,18)/b9-6+. The van der Waals surface area contributed by atoms with E-state index in [1.54, 1.807) is 29.8 Å². The smallest absolute Gasteiger partial charge is 0.328 e. The van der Waals surface area contributed by atoms with E-state index in [4.69, 9.17) is 5.11 Å². The van der Waals surface area contributed by atoms with E-state index < -0.39 is 5.97 Å². The lowest BCUT2D eigenvalue weighted by Gasteiger charge is -2.08. The molecule has 92 valence electrons. The minimum absolute atomic E-state index is 0.137. The van der Waals surface area contributed by atoms with Crippen LogP contribution in [0, 0.1) is 0 Å². The number of allylic oxidation sites excluding steroid dienone is 1. The number of nitrogens with zero attached hydrogens (tertiary/aromatic N) is 2. The third-order valence-electron chi connectivity index (χ3n) is 2.53. The monoisotopic (exact) mass is 244 g/mol. The van der Waals surface area contributed by atoms with Crippen LogP contribution in [0.25, 0.3) is 10.9 Å². The van der Waals surface area contributed by atoms with E-state index in [0.717, 1.165) is 6.08 Å². The van der Waals surface area contributed by atoms with Crippen molar-refractivity contribution in [3.63, 3.8) is 0 Å². The van der Waals surface area contributed by atoms with E-state index in [1.165, 1.54) is 6.20 Å². The minimum atomic E-state index is -0.988. The van der Waals surface area contributed by atoms with Gasteiger partial charge in [-0.3, -0.25) is 9.48 Å². The Morgan fingerprint density at radius 3 is 2.89 bits per heavy atom. The van der Waals surface area contributed by atoms with Crippen molar-refractivity contribution in [3.8, 4) is 0 Å². The highest BCUT2D eigenvalue weighted by Gasteiger charge is 2.04. The van der Waals surface area contributed by atoms with Crippen LogP contribution in [0.4, 0.5) is 0 Å². The summed E-state index contributed by atoms with van der Waals surface area (Å²) in [5.74, 6) is -0.988. The SMILES string of the molecule is C/C(=C\C(=O)O)Cn1ncc(=O)c2ccccc21. The van der Waals surface area contributed by atoms with Crippen LogP contribution >= 0.6 is 0 Å². The zero-order valence-electron chi connectivity index (χ0n) is 9.83. The van der Waals surface area contributed by atoms with Crippen LogP contribution < -0.4 is 5.43 Å². The molecule has 1 aromatic carbocycles. The molecule has 1 aromatic heterocycles. The molecule has 0 saturated heterocycles. The third-order valence-corrected chi connectivity index (χ3v) is 2.53. The molecule has 0 spiro atoms. The van der Waals surface area contributed by atoms with Gasteiger partial charge in [0.15, 0.2) is 0 Å². The van der Waals surface area contributed by atoms with E-state index in [0.29, 0.717) is 23.0 Å². The molecule has 0 amide bonds. The van der Waals surface area contributed by atoms with Gasteiger partial charge in [-0.25, -0.2) is 4.79 Å². The lowest BCUT2D eigenvalue weighted by Crippen LogP contribution is -2.13. The third kappa shape index (κ3) is 2.45. The normalized spacial score (nSPS) is 11.7. The summed E-state index contributed by atoms with van der Waals surface area (Å²) in [6, 6.07) is 7.12.